The minimum atomic E-state index is -0.752. The summed E-state index contributed by atoms with van der Waals surface area (Å²) in [5.74, 6) is 0.651. The van der Waals surface area contributed by atoms with Crippen LogP contribution in [0.4, 0.5) is 5.69 Å². The molecular weight excluding hydrogens is 296 g/mol. The number of aryl methyl sites for hydroxylation is 2. The Hall–Kier alpha value is -1.04. The summed E-state index contributed by atoms with van der Waals surface area (Å²) in [7, 11) is 0. The fourth-order valence-electron chi connectivity index (χ4n) is 2.26. The first-order chi connectivity index (χ1) is 10.2. The molecule has 0 aliphatic rings. The molecule has 1 rings (SSSR count). The number of hydrogen-bond donors (Lipinski definition) is 3. The van der Waals surface area contributed by atoms with E-state index >= 15 is 0 Å². The maximum atomic E-state index is 12.1. The predicted octanol–water partition coefficient (Wildman–Crippen LogP) is 2.72. The van der Waals surface area contributed by atoms with Crippen LogP contribution in [0.1, 0.15) is 31.4 Å². The average Bonchev–Trinajstić information content (AvgIpc) is 2.40. The molecule has 0 fully saturated rings. The molecule has 5 heteroatoms. The van der Waals surface area contributed by atoms with Crippen molar-refractivity contribution in [2.24, 2.45) is 0 Å². The smallest absolute Gasteiger partial charge is 0.225 e. The zero-order valence-corrected chi connectivity index (χ0v) is 15.0. The maximum Gasteiger partial charge on any atom is 0.225 e. The minimum absolute atomic E-state index is 0.0130. The second-order valence-electron chi connectivity index (χ2n) is 6.28. The zero-order valence-electron chi connectivity index (χ0n) is 14.2. The minimum Gasteiger partial charge on any atom is -0.388 e. The molecule has 0 aliphatic carbocycles. The van der Waals surface area contributed by atoms with Crippen LogP contribution in [0.5, 0.6) is 0 Å². The molecule has 0 saturated heterocycles. The van der Waals surface area contributed by atoms with Gasteiger partial charge in [-0.25, -0.2) is 0 Å². The number of nitrogens with one attached hydrogen (secondary N) is 2. The molecular formula is C17H28N2O2S. The van der Waals surface area contributed by atoms with E-state index in [1.54, 1.807) is 18.7 Å². The van der Waals surface area contributed by atoms with E-state index in [1.807, 2.05) is 39.2 Å². The van der Waals surface area contributed by atoms with Gasteiger partial charge in [-0.3, -0.25) is 4.79 Å². The third kappa shape index (κ3) is 6.81. The van der Waals surface area contributed by atoms with Crippen molar-refractivity contribution in [1.82, 2.24) is 5.32 Å². The fourth-order valence-corrected chi connectivity index (χ4v) is 2.99. The summed E-state index contributed by atoms with van der Waals surface area (Å²) >= 11 is 1.61. The van der Waals surface area contributed by atoms with Crippen LogP contribution in [0, 0.1) is 13.8 Å². The Morgan fingerprint density at radius 1 is 1.41 bits per heavy atom. The van der Waals surface area contributed by atoms with E-state index in [9.17, 15) is 9.90 Å². The van der Waals surface area contributed by atoms with Crippen molar-refractivity contribution in [1.29, 1.82) is 0 Å². The Morgan fingerprint density at radius 3 is 2.68 bits per heavy atom. The molecule has 0 heterocycles. The van der Waals surface area contributed by atoms with Crippen LogP contribution in [0.25, 0.3) is 0 Å². The molecule has 0 bridgehead atoms. The van der Waals surface area contributed by atoms with Gasteiger partial charge >= 0.3 is 0 Å². The topological polar surface area (TPSA) is 61.4 Å². The zero-order chi connectivity index (χ0) is 16.8. The Morgan fingerprint density at radius 2 is 2.09 bits per heavy atom. The van der Waals surface area contributed by atoms with Crippen LogP contribution in [0.15, 0.2) is 18.2 Å². The Labute approximate surface area is 138 Å². The van der Waals surface area contributed by atoms with Crippen LogP contribution in [0.2, 0.25) is 0 Å². The van der Waals surface area contributed by atoms with Gasteiger partial charge in [0.2, 0.25) is 5.91 Å². The van der Waals surface area contributed by atoms with E-state index in [4.69, 9.17) is 0 Å². The summed E-state index contributed by atoms with van der Waals surface area (Å²) in [5.41, 5.74) is 2.35. The highest BCUT2D eigenvalue weighted by atomic mass is 32.2. The molecule has 1 aromatic carbocycles. The van der Waals surface area contributed by atoms with Gasteiger partial charge < -0.3 is 15.7 Å². The third-order valence-electron chi connectivity index (χ3n) is 3.43. The van der Waals surface area contributed by atoms with Crippen molar-refractivity contribution >= 4 is 23.4 Å². The van der Waals surface area contributed by atoms with Gasteiger partial charge in [0.15, 0.2) is 0 Å². The average molecular weight is 324 g/mol. The van der Waals surface area contributed by atoms with E-state index in [1.165, 1.54) is 5.56 Å². The molecule has 1 aromatic rings. The lowest BCUT2D eigenvalue weighted by atomic mass is 10.1. The second kappa shape index (κ2) is 8.56. The van der Waals surface area contributed by atoms with Gasteiger partial charge in [0.25, 0.3) is 0 Å². The van der Waals surface area contributed by atoms with Crippen LogP contribution in [-0.2, 0) is 4.79 Å². The number of rotatable bonds is 8. The lowest BCUT2D eigenvalue weighted by Gasteiger charge is -2.25. The van der Waals surface area contributed by atoms with Crippen LogP contribution >= 0.6 is 11.8 Å². The number of hydrogen-bond acceptors (Lipinski definition) is 4. The predicted molar refractivity (Wildman–Crippen MR) is 95.6 cm³/mol. The summed E-state index contributed by atoms with van der Waals surface area (Å²) in [5, 5.41) is 16.3. The highest BCUT2D eigenvalue weighted by molar-refractivity contribution is 7.98. The fraction of sp³-hybridized carbons (Fsp3) is 0.588. The van der Waals surface area contributed by atoms with E-state index in [2.05, 4.69) is 16.7 Å². The van der Waals surface area contributed by atoms with Gasteiger partial charge in [-0.1, -0.05) is 17.7 Å². The first kappa shape index (κ1) is 19.0. The normalized spacial score (nSPS) is 15.2. The molecule has 0 aromatic heterocycles. The monoisotopic (exact) mass is 324 g/mol. The van der Waals surface area contributed by atoms with Gasteiger partial charge in [-0.2, -0.15) is 11.8 Å². The van der Waals surface area contributed by atoms with Crippen molar-refractivity contribution in [3.63, 3.8) is 0 Å². The van der Waals surface area contributed by atoms with E-state index in [-0.39, 0.29) is 11.9 Å². The molecule has 2 unspecified atom stereocenters. The number of carbonyl (C=O) groups excluding carboxylic acids is 1. The quantitative estimate of drug-likeness (QED) is 0.688. The van der Waals surface area contributed by atoms with Crippen molar-refractivity contribution in [2.75, 3.05) is 23.9 Å². The third-order valence-corrected chi connectivity index (χ3v) is 4.34. The standard InChI is InChI=1S/C17H28N2O2S/c1-12-6-7-15(13(2)8-12)19-16(20)9-14(3)18-10-17(4,21)11-22-5/h6-8,14,18,21H,9-11H2,1-5H3,(H,19,20). The van der Waals surface area contributed by atoms with Crippen LogP contribution in [0.3, 0.4) is 0 Å². The summed E-state index contributed by atoms with van der Waals surface area (Å²) in [4.78, 5) is 12.1. The number of benzene rings is 1. The van der Waals surface area contributed by atoms with Crippen molar-refractivity contribution in [3.05, 3.63) is 29.3 Å². The Bertz CT molecular complexity index is 503. The maximum absolute atomic E-state index is 12.1. The molecule has 4 nitrogen and oxygen atoms in total. The SMILES string of the molecule is CSCC(C)(O)CNC(C)CC(=O)Nc1ccc(C)cc1C. The molecule has 0 aliphatic heterocycles. The second-order valence-corrected chi connectivity index (χ2v) is 7.15. The largest absolute Gasteiger partial charge is 0.388 e. The summed E-state index contributed by atoms with van der Waals surface area (Å²) in [6.45, 7) is 8.26. The molecule has 22 heavy (non-hydrogen) atoms. The molecule has 0 spiro atoms. The summed E-state index contributed by atoms with van der Waals surface area (Å²) < 4.78 is 0. The van der Waals surface area contributed by atoms with Crippen molar-refractivity contribution in [3.8, 4) is 0 Å². The first-order valence-electron chi connectivity index (χ1n) is 7.55. The van der Waals surface area contributed by atoms with Crippen molar-refractivity contribution in [2.45, 2.75) is 45.8 Å². The summed E-state index contributed by atoms with van der Waals surface area (Å²) in [6, 6.07) is 5.99. The molecule has 0 saturated carbocycles. The van der Waals surface area contributed by atoms with Gasteiger partial charge in [-0.05, 0) is 45.6 Å². The number of amides is 1. The van der Waals surface area contributed by atoms with E-state index in [0.717, 1.165) is 11.3 Å². The number of anilines is 1. The first-order valence-corrected chi connectivity index (χ1v) is 8.95. The highest BCUT2D eigenvalue weighted by Gasteiger charge is 2.20. The highest BCUT2D eigenvalue weighted by Crippen LogP contribution is 2.16. The van der Waals surface area contributed by atoms with Gasteiger partial charge in [-0.15, -0.1) is 0 Å². The number of aliphatic hydroxyl groups is 1. The van der Waals surface area contributed by atoms with Crippen molar-refractivity contribution < 1.29 is 9.90 Å². The van der Waals surface area contributed by atoms with Gasteiger partial charge in [0.1, 0.15) is 0 Å². The molecule has 3 N–H and O–H groups in total. The van der Waals surface area contributed by atoms with E-state index in [0.29, 0.717) is 18.7 Å². The van der Waals surface area contributed by atoms with Gasteiger partial charge in [0.05, 0.1) is 5.60 Å². The Kier molecular flexibility index (Phi) is 7.39. The van der Waals surface area contributed by atoms with E-state index < -0.39 is 5.60 Å². The van der Waals surface area contributed by atoms with Crippen LogP contribution < -0.4 is 10.6 Å². The molecule has 1 amide bonds. The molecule has 124 valence electrons. The number of thioether (sulfide) groups is 1. The lowest BCUT2D eigenvalue weighted by Crippen LogP contribution is -2.44. The molecule has 0 radical (unpaired) electrons. The van der Waals surface area contributed by atoms with Crippen LogP contribution in [-0.4, -0.2) is 41.2 Å². The van der Waals surface area contributed by atoms with Gasteiger partial charge in [0, 0.05) is 30.4 Å². The Balaban J connectivity index is 2.44. The molecule has 2 atom stereocenters. The lowest BCUT2D eigenvalue weighted by molar-refractivity contribution is -0.116. The number of carbonyl (C=O) groups is 1. The summed E-state index contributed by atoms with van der Waals surface area (Å²) in [6.07, 6.45) is 2.35.